The maximum absolute atomic E-state index is 12.1. The lowest BCUT2D eigenvalue weighted by molar-refractivity contribution is -0.111. The van der Waals surface area contributed by atoms with E-state index in [1.165, 1.54) is 6.08 Å². The van der Waals surface area contributed by atoms with Crippen LogP contribution in [0.15, 0.2) is 46.9 Å². The van der Waals surface area contributed by atoms with Crippen LogP contribution in [0.5, 0.6) is 5.75 Å². The van der Waals surface area contributed by atoms with Gasteiger partial charge in [-0.3, -0.25) is 4.79 Å². The molecule has 0 spiro atoms. The quantitative estimate of drug-likeness (QED) is 0.684. The number of carbonyl (C=O) groups is 1. The van der Waals surface area contributed by atoms with Gasteiger partial charge in [0.05, 0.1) is 6.61 Å². The number of halogens is 2. The molecule has 1 N–H and O–H groups in total. The van der Waals surface area contributed by atoms with Crippen molar-refractivity contribution in [3.63, 3.8) is 0 Å². The van der Waals surface area contributed by atoms with Crippen LogP contribution in [0.4, 0.5) is 5.69 Å². The molecule has 0 saturated carbocycles. The number of benzene rings is 2. The third-order valence-electron chi connectivity index (χ3n) is 3.13. The van der Waals surface area contributed by atoms with Gasteiger partial charge in [-0.25, -0.2) is 0 Å². The van der Waals surface area contributed by atoms with Gasteiger partial charge in [-0.15, -0.1) is 0 Å². The standard InChI is InChI=1S/C18H17BrClNO2/c1-3-23-17-8-5-14(19)11-13(17)4-9-18(22)21-16-7-6-15(20)10-12(16)2/h4-11H,3H2,1-2H3,(H,21,22). The number of amides is 1. The largest absolute Gasteiger partial charge is 0.493 e. The van der Waals surface area contributed by atoms with Crippen molar-refractivity contribution < 1.29 is 9.53 Å². The summed E-state index contributed by atoms with van der Waals surface area (Å²) < 4.78 is 6.48. The summed E-state index contributed by atoms with van der Waals surface area (Å²) in [5.41, 5.74) is 2.49. The second-order valence-electron chi connectivity index (χ2n) is 4.90. The molecule has 0 aliphatic carbocycles. The molecule has 5 heteroatoms. The molecule has 2 aromatic rings. The molecule has 0 saturated heterocycles. The lowest BCUT2D eigenvalue weighted by Gasteiger charge is -2.08. The molecular formula is C18H17BrClNO2. The Bertz CT molecular complexity index is 744. The average Bonchev–Trinajstić information content (AvgIpc) is 2.50. The van der Waals surface area contributed by atoms with Crippen LogP contribution in [0.25, 0.3) is 6.08 Å². The Morgan fingerprint density at radius 1 is 1.30 bits per heavy atom. The van der Waals surface area contributed by atoms with Crippen LogP contribution < -0.4 is 10.1 Å². The van der Waals surface area contributed by atoms with Crippen molar-refractivity contribution >= 4 is 45.2 Å². The minimum Gasteiger partial charge on any atom is -0.493 e. The maximum Gasteiger partial charge on any atom is 0.248 e. The van der Waals surface area contributed by atoms with Gasteiger partial charge in [0.25, 0.3) is 0 Å². The minimum absolute atomic E-state index is 0.210. The van der Waals surface area contributed by atoms with Gasteiger partial charge < -0.3 is 10.1 Å². The van der Waals surface area contributed by atoms with Gasteiger partial charge >= 0.3 is 0 Å². The van der Waals surface area contributed by atoms with Crippen molar-refractivity contribution in [2.45, 2.75) is 13.8 Å². The Morgan fingerprint density at radius 3 is 2.78 bits per heavy atom. The number of ether oxygens (including phenoxy) is 1. The van der Waals surface area contributed by atoms with Crippen LogP contribution in [-0.4, -0.2) is 12.5 Å². The van der Waals surface area contributed by atoms with Crippen molar-refractivity contribution in [3.05, 3.63) is 63.1 Å². The van der Waals surface area contributed by atoms with Crippen LogP contribution in [-0.2, 0) is 4.79 Å². The molecule has 23 heavy (non-hydrogen) atoms. The number of aryl methyl sites for hydroxylation is 1. The van der Waals surface area contributed by atoms with Gasteiger partial charge in [0, 0.05) is 26.8 Å². The molecule has 0 aliphatic rings. The molecule has 0 unspecified atom stereocenters. The van der Waals surface area contributed by atoms with Crippen LogP contribution in [0.1, 0.15) is 18.1 Å². The molecule has 0 aromatic heterocycles. The van der Waals surface area contributed by atoms with E-state index in [4.69, 9.17) is 16.3 Å². The summed E-state index contributed by atoms with van der Waals surface area (Å²) in [5, 5.41) is 3.48. The van der Waals surface area contributed by atoms with Crippen LogP contribution in [0, 0.1) is 6.92 Å². The number of rotatable bonds is 5. The highest BCUT2D eigenvalue weighted by Gasteiger charge is 2.04. The third kappa shape index (κ3) is 5.12. The van der Waals surface area contributed by atoms with E-state index in [9.17, 15) is 4.79 Å². The Hall–Kier alpha value is -1.78. The summed E-state index contributed by atoms with van der Waals surface area (Å²) in [4.78, 5) is 12.1. The zero-order valence-electron chi connectivity index (χ0n) is 12.9. The highest BCUT2D eigenvalue weighted by molar-refractivity contribution is 9.10. The summed E-state index contributed by atoms with van der Waals surface area (Å²) in [7, 11) is 0. The topological polar surface area (TPSA) is 38.3 Å². The van der Waals surface area contributed by atoms with Crippen LogP contribution in [0.3, 0.4) is 0 Å². The average molecular weight is 395 g/mol. The Kier molecular flexibility index (Phi) is 6.25. The summed E-state index contributed by atoms with van der Waals surface area (Å²) in [6.45, 7) is 4.39. The smallest absolute Gasteiger partial charge is 0.248 e. The second-order valence-corrected chi connectivity index (χ2v) is 6.25. The minimum atomic E-state index is -0.210. The first kappa shape index (κ1) is 17.6. The van der Waals surface area contributed by atoms with Gasteiger partial charge in [0.15, 0.2) is 0 Å². The van der Waals surface area contributed by atoms with Crippen molar-refractivity contribution in [3.8, 4) is 5.75 Å². The van der Waals surface area contributed by atoms with E-state index in [-0.39, 0.29) is 5.91 Å². The summed E-state index contributed by atoms with van der Waals surface area (Å²) >= 11 is 9.33. The molecule has 1 amide bonds. The van der Waals surface area contributed by atoms with Crippen LogP contribution >= 0.6 is 27.5 Å². The van der Waals surface area contributed by atoms with Crippen molar-refractivity contribution in [2.24, 2.45) is 0 Å². The summed E-state index contributed by atoms with van der Waals surface area (Å²) in [6, 6.07) is 11.0. The van der Waals surface area contributed by atoms with E-state index in [2.05, 4.69) is 21.2 Å². The van der Waals surface area contributed by atoms with Crippen molar-refractivity contribution in [1.29, 1.82) is 0 Å². The van der Waals surface area contributed by atoms with E-state index in [0.717, 1.165) is 27.0 Å². The first-order valence-corrected chi connectivity index (χ1v) is 8.34. The number of hydrogen-bond donors (Lipinski definition) is 1. The van der Waals surface area contributed by atoms with Crippen molar-refractivity contribution in [2.75, 3.05) is 11.9 Å². The fraction of sp³-hybridized carbons (Fsp3) is 0.167. The molecular weight excluding hydrogens is 378 g/mol. The number of nitrogens with one attached hydrogen (secondary N) is 1. The molecule has 0 fully saturated rings. The molecule has 0 atom stereocenters. The van der Waals surface area contributed by atoms with Gasteiger partial charge in [-0.2, -0.15) is 0 Å². The lowest BCUT2D eigenvalue weighted by atomic mass is 10.1. The van der Waals surface area contributed by atoms with Gasteiger partial charge in [0.2, 0.25) is 5.91 Å². The maximum atomic E-state index is 12.1. The monoisotopic (exact) mass is 393 g/mol. The van der Waals surface area contributed by atoms with E-state index in [1.54, 1.807) is 18.2 Å². The number of carbonyl (C=O) groups excluding carboxylic acids is 1. The zero-order chi connectivity index (χ0) is 16.8. The molecule has 2 rings (SSSR count). The Balaban J connectivity index is 2.13. The molecule has 120 valence electrons. The lowest BCUT2D eigenvalue weighted by Crippen LogP contribution is -2.08. The Labute approximate surface area is 149 Å². The fourth-order valence-corrected chi connectivity index (χ4v) is 2.65. The molecule has 0 heterocycles. The highest BCUT2D eigenvalue weighted by Crippen LogP contribution is 2.25. The first-order valence-electron chi connectivity index (χ1n) is 7.17. The second kappa shape index (κ2) is 8.18. The van der Waals surface area contributed by atoms with Gasteiger partial charge in [-0.05, 0) is 61.9 Å². The molecule has 0 radical (unpaired) electrons. The predicted octanol–water partition coefficient (Wildman–Crippen LogP) is 5.46. The summed E-state index contributed by atoms with van der Waals surface area (Å²) in [5.74, 6) is 0.528. The molecule has 0 aliphatic heterocycles. The van der Waals surface area contributed by atoms with Crippen molar-refractivity contribution in [1.82, 2.24) is 0 Å². The highest BCUT2D eigenvalue weighted by atomic mass is 79.9. The predicted molar refractivity (Wildman–Crippen MR) is 99.2 cm³/mol. The SMILES string of the molecule is CCOc1ccc(Br)cc1C=CC(=O)Nc1ccc(Cl)cc1C. The molecule has 2 aromatic carbocycles. The van der Waals surface area contributed by atoms with Gasteiger partial charge in [0.1, 0.15) is 5.75 Å². The summed E-state index contributed by atoms with van der Waals surface area (Å²) in [6.07, 6.45) is 3.22. The van der Waals surface area contributed by atoms with Crippen LogP contribution in [0.2, 0.25) is 5.02 Å². The van der Waals surface area contributed by atoms with E-state index < -0.39 is 0 Å². The van der Waals surface area contributed by atoms with E-state index >= 15 is 0 Å². The number of anilines is 1. The fourth-order valence-electron chi connectivity index (χ4n) is 2.04. The number of hydrogen-bond acceptors (Lipinski definition) is 2. The van der Waals surface area contributed by atoms with E-state index in [1.807, 2.05) is 38.1 Å². The van der Waals surface area contributed by atoms with Gasteiger partial charge in [-0.1, -0.05) is 27.5 Å². The first-order chi connectivity index (χ1) is 11.0. The molecule has 0 bridgehead atoms. The normalized spacial score (nSPS) is 10.8. The zero-order valence-corrected chi connectivity index (χ0v) is 15.2. The Morgan fingerprint density at radius 2 is 2.09 bits per heavy atom. The third-order valence-corrected chi connectivity index (χ3v) is 3.86. The van der Waals surface area contributed by atoms with E-state index in [0.29, 0.717) is 11.6 Å². The molecule has 3 nitrogen and oxygen atoms in total.